The number of hydrogen-bond donors (Lipinski definition) is 1. The zero-order valence-corrected chi connectivity index (χ0v) is 23.0. The van der Waals surface area contributed by atoms with Crippen LogP contribution in [0.15, 0.2) is 53.2 Å². The topological polar surface area (TPSA) is 49.7 Å². The molecule has 1 aliphatic carbocycles. The van der Waals surface area contributed by atoms with E-state index >= 15 is 0 Å². The zero-order valence-electron chi connectivity index (χ0n) is 14.7. The first-order chi connectivity index (χ1) is 13.3. The van der Waals surface area contributed by atoms with Crippen LogP contribution in [0, 0.1) is 10.0 Å². The summed E-state index contributed by atoms with van der Waals surface area (Å²) in [6, 6.07) is 4.41. The van der Waals surface area contributed by atoms with Gasteiger partial charge in [-0.2, -0.15) is 0 Å². The minimum Gasteiger partial charge on any atom is -0.507 e. The van der Waals surface area contributed by atoms with E-state index in [1.165, 1.54) is 6.45 Å². The Hall–Kier alpha value is -0.313. The van der Waals surface area contributed by atoms with Gasteiger partial charge in [0, 0.05) is 9.13 Å². The highest BCUT2D eigenvalue weighted by molar-refractivity contribution is 14.1. The quantitative estimate of drug-likeness (QED) is 0.179. The molecule has 0 bridgehead atoms. The Morgan fingerprint density at radius 2 is 2.00 bits per heavy atom. The van der Waals surface area contributed by atoms with Crippen molar-refractivity contribution in [3.05, 3.63) is 58.2 Å². The molecule has 0 amide bonds. The first-order valence-corrected chi connectivity index (χ1v) is 15.2. The molecule has 1 N–H and O–H groups in total. The third-order valence-electron chi connectivity index (χ3n) is 5.05. The van der Waals surface area contributed by atoms with Crippen LogP contribution in [-0.4, -0.2) is 24.7 Å². The molecular weight excluding hydrogens is 727 g/mol. The largest absolute Gasteiger partial charge is 0.507 e. The molecule has 0 saturated carbocycles. The second-order valence-corrected chi connectivity index (χ2v) is 15.9. The Balaban J connectivity index is 2.12. The Bertz CT molecular complexity index is 1150. The van der Waals surface area contributed by atoms with Crippen molar-refractivity contribution < 1.29 is 9.90 Å². The zero-order chi connectivity index (χ0) is 20.2. The van der Waals surface area contributed by atoms with Gasteiger partial charge in [-0.3, -0.25) is 4.79 Å². The fraction of sp³-hybridized carbons (Fsp3) is 0.100. The molecule has 4 rings (SSSR count). The smallest absolute Gasteiger partial charge is 0.178 e. The van der Waals surface area contributed by atoms with Crippen molar-refractivity contribution in [2.45, 2.75) is 12.6 Å². The summed E-state index contributed by atoms with van der Waals surface area (Å²) in [5.74, 6) is 0.266. The number of carbonyl (C=O) groups excluding carboxylic acids is 1. The number of halogens is 3. The second kappa shape index (κ2) is 7.74. The molecule has 28 heavy (non-hydrogen) atoms. The SMILES string of the molecule is C=CC[Si]1(C)C2=CC(=O)C=CC2=Nc2ccc(O)c(-c3sc(I)c(I)c3I)c21. The average molecular weight is 741 g/mol. The van der Waals surface area contributed by atoms with E-state index in [4.69, 9.17) is 4.99 Å². The maximum absolute atomic E-state index is 12.2. The molecule has 2 heterocycles. The number of nitrogens with zero attached hydrogens (tertiary/aromatic N) is 1. The second-order valence-electron chi connectivity index (χ2n) is 6.80. The van der Waals surface area contributed by atoms with E-state index < -0.39 is 8.07 Å². The van der Waals surface area contributed by atoms with Crippen LogP contribution < -0.4 is 5.19 Å². The van der Waals surface area contributed by atoms with E-state index in [0.717, 1.165) is 41.8 Å². The summed E-state index contributed by atoms with van der Waals surface area (Å²) in [7, 11) is -2.37. The minimum atomic E-state index is -2.37. The number of ketones is 1. The van der Waals surface area contributed by atoms with Gasteiger partial charge in [0.25, 0.3) is 0 Å². The molecule has 0 saturated heterocycles. The lowest BCUT2D eigenvalue weighted by molar-refractivity contribution is -0.110. The molecule has 2 aliphatic rings. The number of carbonyl (C=O) groups is 1. The van der Waals surface area contributed by atoms with Crippen molar-refractivity contribution in [3.63, 3.8) is 0 Å². The number of allylic oxidation sites excluding steroid dienone is 5. The molecule has 1 aromatic carbocycles. The lowest BCUT2D eigenvalue weighted by Gasteiger charge is -2.37. The molecule has 142 valence electrons. The molecule has 1 atom stereocenters. The fourth-order valence-corrected chi connectivity index (χ4v) is 12.0. The molecule has 0 fully saturated rings. The predicted molar refractivity (Wildman–Crippen MR) is 145 cm³/mol. The third-order valence-corrected chi connectivity index (χ3v) is 16.5. The summed E-state index contributed by atoms with van der Waals surface area (Å²) in [6.45, 7) is 6.24. The van der Waals surface area contributed by atoms with Gasteiger partial charge in [0.15, 0.2) is 5.78 Å². The maximum atomic E-state index is 12.2. The Kier molecular flexibility index (Phi) is 5.79. The number of phenols is 1. The number of benzene rings is 1. The van der Waals surface area contributed by atoms with E-state index in [-0.39, 0.29) is 11.5 Å². The number of thiophene rings is 1. The van der Waals surface area contributed by atoms with E-state index in [2.05, 4.69) is 80.9 Å². The molecule has 1 aliphatic heterocycles. The van der Waals surface area contributed by atoms with Gasteiger partial charge in [-0.1, -0.05) is 12.6 Å². The fourth-order valence-electron chi connectivity index (χ4n) is 3.81. The Morgan fingerprint density at radius 3 is 2.64 bits per heavy atom. The average Bonchev–Trinajstić information content (AvgIpc) is 2.91. The summed E-state index contributed by atoms with van der Waals surface area (Å²) >= 11 is 8.76. The van der Waals surface area contributed by atoms with Crippen molar-refractivity contribution in [1.29, 1.82) is 0 Å². The molecule has 3 nitrogen and oxygen atoms in total. The van der Waals surface area contributed by atoms with Crippen molar-refractivity contribution in [2.75, 3.05) is 0 Å². The van der Waals surface area contributed by atoms with Gasteiger partial charge in [-0.25, -0.2) is 4.99 Å². The number of aliphatic imine (C=N–C) groups is 1. The Morgan fingerprint density at radius 1 is 1.25 bits per heavy atom. The highest BCUT2D eigenvalue weighted by Gasteiger charge is 2.43. The summed E-state index contributed by atoms with van der Waals surface area (Å²) in [5.41, 5.74) is 2.63. The van der Waals surface area contributed by atoms with Gasteiger partial charge >= 0.3 is 0 Å². The van der Waals surface area contributed by atoms with E-state index in [1.54, 1.807) is 29.6 Å². The van der Waals surface area contributed by atoms with E-state index in [1.807, 2.05) is 18.2 Å². The van der Waals surface area contributed by atoms with Crippen LogP contribution in [0.3, 0.4) is 0 Å². The molecule has 0 radical (unpaired) electrons. The van der Waals surface area contributed by atoms with Crippen LogP contribution in [-0.2, 0) is 4.79 Å². The van der Waals surface area contributed by atoms with Crippen molar-refractivity contribution in [1.82, 2.24) is 0 Å². The van der Waals surface area contributed by atoms with E-state index in [9.17, 15) is 9.90 Å². The molecule has 1 unspecified atom stereocenters. The summed E-state index contributed by atoms with van der Waals surface area (Å²) in [6.07, 6.45) is 7.06. The van der Waals surface area contributed by atoms with Crippen LogP contribution in [0.1, 0.15) is 0 Å². The Labute approximate surface area is 209 Å². The molecule has 0 spiro atoms. The third kappa shape index (κ3) is 3.22. The lowest BCUT2D eigenvalue weighted by atomic mass is 10.1. The lowest BCUT2D eigenvalue weighted by Crippen LogP contribution is -2.52. The number of fused-ring (bicyclic) bond motifs is 2. The van der Waals surface area contributed by atoms with Gasteiger partial charge < -0.3 is 5.11 Å². The van der Waals surface area contributed by atoms with Gasteiger partial charge in [0.1, 0.15) is 13.8 Å². The highest BCUT2D eigenvalue weighted by atomic mass is 127. The van der Waals surface area contributed by atoms with Crippen LogP contribution >= 0.6 is 79.1 Å². The van der Waals surface area contributed by atoms with Gasteiger partial charge in [0.2, 0.25) is 0 Å². The molecular formula is C20H14I3NO2SSi. The van der Waals surface area contributed by atoms with E-state index in [0.29, 0.717) is 0 Å². The molecule has 2 aromatic rings. The van der Waals surface area contributed by atoms with Gasteiger partial charge in [-0.15, -0.1) is 17.9 Å². The number of phenolic OH excluding ortho intramolecular Hbond substituents is 1. The maximum Gasteiger partial charge on any atom is 0.178 e. The predicted octanol–water partition coefficient (Wildman–Crippen LogP) is 6.10. The number of rotatable bonds is 3. The molecule has 8 heteroatoms. The first-order valence-electron chi connectivity index (χ1n) is 8.42. The summed E-state index contributed by atoms with van der Waals surface area (Å²) in [5, 5.41) is 13.1. The van der Waals surface area contributed by atoms with Crippen LogP contribution in [0.25, 0.3) is 10.4 Å². The van der Waals surface area contributed by atoms with Crippen LogP contribution in [0.5, 0.6) is 5.75 Å². The van der Waals surface area contributed by atoms with Gasteiger partial charge in [0.05, 0.1) is 22.7 Å². The summed E-state index contributed by atoms with van der Waals surface area (Å²) < 4.78 is 3.56. The normalized spacial score (nSPS) is 20.4. The number of hydrogen-bond acceptors (Lipinski definition) is 4. The van der Waals surface area contributed by atoms with Crippen molar-refractivity contribution in [2.24, 2.45) is 4.99 Å². The van der Waals surface area contributed by atoms with Crippen LogP contribution in [0.4, 0.5) is 5.69 Å². The standard InChI is InChI=1S/C20H14I3NO2SSi/c1-3-8-28(2)14-9-10(25)4-5-11(14)24-12-6-7-13(26)15(19(12)28)18-16(21)17(22)20(23)27-18/h3-7,9,26H,1,8H2,2H3. The minimum absolute atomic E-state index is 0.00306. The number of aromatic hydroxyl groups is 1. The van der Waals surface area contributed by atoms with Crippen LogP contribution in [0.2, 0.25) is 12.6 Å². The molecule has 1 aromatic heterocycles. The summed E-state index contributed by atoms with van der Waals surface area (Å²) in [4.78, 5) is 18.1. The van der Waals surface area contributed by atoms with Crippen molar-refractivity contribution in [3.8, 4) is 16.2 Å². The monoisotopic (exact) mass is 741 g/mol. The van der Waals surface area contributed by atoms with Crippen molar-refractivity contribution >= 4 is 110 Å². The highest BCUT2D eigenvalue weighted by Crippen LogP contribution is 2.46. The van der Waals surface area contributed by atoms with Gasteiger partial charge in [-0.05, 0) is 115 Å². The first kappa shape index (κ1) is 20.9.